The third kappa shape index (κ3) is 3.79. The van der Waals surface area contributed by atoms with Gasteiger partial charge in [0.1, 0.15) is 6.33 Å². The van der Waals surface area contributed by atoms with Crippen molar-refractivity contribution in [3.63, 3.8) is 0 Å². The number of nitrogens with one attached hydrogen (secondary N) is 1. The fourth-order valence-electron chi connectivity index (χ4n) is 3.26. The molecule has 21 heavy (non-hydrogen) atoms. The Morgan fingerprint density at radius 2 is 2.33 bits per heavy atom. The summed E-state index contributed by atoms with van der Waals surface area (Å²) in [6, 6.07) is 0.453. The van der Waals surface area contributed by atoms with Crippen LogP contribution in [0.5, 0.6) is 0 Å². The lowest BCUT2D eigenvalue weighted by molar-refractivity contribution is -0.100. The van der Waals surface area contributed by atoms with Gasteiger partial charge in [-0.1, -0.05) is 6.92 Å². The number of hydrogen-bond acceptors (Lipinski definition) is 5. The summed E-state index contributed by atoms with van der Waals surface area (Å²) in [7, 11) is 0. The highest BCUT2D eigenvalue weighted by atomic mass is 32.2. The fraction of sp³-hybridized carbons (Fsp3) is 0.867. The van der Waals surface area contributed by atoms with Crippen molar-refractivity contribution in [3.8, 4) is 0 Å². The summed E-state index contributed by atoms with van der Waals surface area (Å²) in [5, 5.41) is 8.02. The van der Waals surface area contributed by atoms with Crippen molar-refractivity contribution in [3.05, 3.63) is 12.2 Å². The van der Waals surface area contributed by atoms with Crippen LogP contribution in [0.25, 0.3) is 0 Å². The van der Waals surface area contributed by atoms with Gasteiger partial charge in [0.25, 0.3) is 0 Å². The molecule has 0 amide bonds. The monoisotopic (exact) mass is 310 g/mol. The van der Waals surface area contributed by atoms with Crippen LogP contribution < -0.4 is 5.32 Å². The molecule has 0 bridgehead atoms. The van der Waals surface area contributed by atoms with Gasteiger partial charge in [0.15, 0.2) is 5.82 Å². The zero-order valence-electron chi connectivity index (χ0n) is 12.9. The molecule has 1 spiro atoms. The van der Waals surface area contributed by atoms with E-state index in [4.69, 9.17) is 4.74 Å². The van der Waals surface area contributed by atoms with Crippen molar-refractivity contribution < 1.29 is 4.74 Å². The maximum atomic E-state index is 6.16. The molecule has 1 atom stereocenters. The van der Waals surface area contributed by atoms with Crippen LogP contribution >= 0.6 is 11.8 Å². The zero-order chi connectivity index (χ0) is 14.5. The van der Waals surface area contributed by atoms with E-state index in [9.17, 15) is 0 Å². The van der Waals surface area contributed by atoms with Crippen molar-refractivity contribution in [1.82, 2.24) is 20.1 Å². The first-order valence-electron chi connectivity index (χ1n) is 8.14. The molecule has 1 N–H and O–H groups in total. The van der Waals surface area contributed by atoms with Crippen LogP contribution in [0.2, 0.25) is 0 Å². The molecule has 5 nitrogen and oxygen atoms in total. The summed E-state index contributed by atoms with van der Waals surface area (Å²) in [6.45, 7) is 4.82. The third-order valence-corrected chi connectivity index (χ3v) is 5.50. The van der Waals surface area contributed by atoms with Crippen LogP contribution in [-0.2, 0) is 11.3 Å². The SMILES string of the molecule is CCCNCc1ncn(C2CCOC3(CCSCC3)C2)n1. The lowest BCUT2D eigenvalue weighted by Gasteiger charge is -2.43. The molecule has 3 rings (SSSR count). The Hall–Kier alpha value is -0.590. The summed E-state index contributed by atoms with van der Waals surface area (Å²) in [5.74, 6) is 3.37. The Morgan fingerprint density at radius 3 is 3.14 bits per heavy atom. The van der Waals surface area contributed by atoms with Gasteiger partial charge in [-0.3, -0.25) is 0 Å². The molecule has 2 aliphatic heterocycles. The topological polar surface area (TPSA) is 52.0 Å². The van der Waals surface area contributed by atoms with E-state index in [-0.39, 0.29) is 5.60 Å². The maximum Gasteiger partial charge on any atom is 0.164 e. The highest BCUT2D eigenvalue weighted by Gasteiger charge is 2.39. The molecular weight excluding hydrogens is 284 g/mol. The van der Waals surface area contributed by atoms with Gasteiger partial charge in [0.2, 0.25) is 0 Å². The summed E-state index contributed by atoms with van der Waals surface area (Å²) < 4.78 is 8.24. The number of hydrogen-bond donors (Lipinski definition) is 1. The molecular formula is C15H26N4OS. The minimum atomic E-state index is 0.112. The van der Waals surface area contributed by atoms with Gasteiger partial charge in [-0.15, -0.1) is 0 Å². The molecule has 0 aliphatic carbocycles. The van der Waals surface area contributed by atoms with E-state index < -0.39 is 0 Å². The standard InChI is InChI=1S/C15H26N4OS/c1-2-6-16-11-14-17-12-19(18-14)13-3-7-20-15(10-13)4-8-21-9-5-15/h12-13,16H,2-11H2,1H3. The number of aromatic nitrogens is 3. The fourth-order valence-corrected chi connectivity index (χ4v) is 4.50. The van der Waals surface area contributed by atoms with E-state index >= 15 is 0 Å². The first-order valence-corrected chi connectivity index (χ1v) is 9.29. The maximum absolute atomic E-state index is 6.16. The second-order valence-corrected chi connectivity index (χ2v) is 7.33. The minimum Gasteiger partial charge on any atom is -0.375 e. The van der Waals surface area contributed by atoms with Crippen LogP contribution in [0, 0.1) is 0 Å². The van der Waals surface area contributed by atoms with Crippen LogP contribution in [0.3, 0.4) is 0 Å². The van der Waals surface area contributed by atoms with E-state index in [0.29, 0.717) is 6.04 Å². The number of rotatable bonds is 5. The van der Waals surface area contributed by atoms with E-state index in [1.165, 1.54) is 24.3 Å². The second kappa shape index (κ2) is 7.11. The molecule has 118 valence electrons. The first kappa shape index (κ1) is 15.3. The second-order valence-electron chi connectivity index (χ2n) is 6.11. The largest absolute Gasteiger partial charge is 0.375 e. The normalized spacial score (nSPS) is 25.3. The van der Waals surface area contributed by atoms with Gasteiger partial charge >= 0.3 is 0 Å². The Morgan fingerprint density at radius 1 is 1.48 bits per heavy atom. The van der Waals surface area contributed by atoms with Crippen molar-refractivity contribution in [1.29, 1.82) is 0 Å². The number of nitrogens with zero attached hydrogens (tertiary/aromatic N) is 3. The van der Waals surface area contributed by atoms with Gasteiger partial charge < -0.3 is 10.1 Å². The van der Waals surface area contributed by atoms with Gasteiger partial charge in [-0.05, 0) is 50.2 Å². The Labute approximate surface area is 131 Å². The van der Waals surface area contributed by atoms with Crippen LogP contribution in [0.4, 0.5) is 0 Å². The highest BCUT2D eigenvalue weighted by molar-refractivity contribution is 7.99. The molecule has 0 radical (unpaired) electrons. The predicted molar refractivity (Wildman–Crippen MR) is 85.5 cm³/mol. The molecule has 2 saturated heterocycles. The Balaban J connectivity index is 1.60. The molecule has 1 aromatic heterocycles. The molecule has 0 saturated carbocycles. The van der Waals surface area contributed by atoms with Crippen LogP contribution in [-0.4, -0.2) is 45.0 Å². The lowest BCUT2D eigenvalue weighted by Crippen LogP contribution is -2.43. The van der Waals surface area contributed by atoms with E-state index in [1.807, 2.05) is 6.33 Å². The Kier molecular flexibility index (Phi) is 5.19. The molecule has 6 heteroatoms. The Bertz CT molecular complexity index is 439. The highest BCUT2D eigenvalue weighted by Crippen LogP contribution is 2.41. The smallest absolute Gasteiger partial charge is 0.164 e. The molecule has 1 aromatic rings. The van der Waals surface area contributed by atoms with E-state index in [2.05, 4.69) is 38.8 Å². The summed E-state index contributed by atoms with van der Waals surface area (Å²) >= 11 is 2.05. The summed E-state index contributed by atoms with van der Waals surface area (Å²) in [4.78, 5) is 4.44. The van der Waals surface area contributed by atoms with Gasteiger partial charge in [0, 0.05) is 6.61 Å². The summed E-state index contributed by atoms with van der Waals surface area (Å²) in [6.07, 6.45) is 7.58. The van der Waals surface area contributed by atoms with Crippen LogP contribution in [0.1, 0.15) is 50.9 Å². The lowest BCUT2D eigenvalue weighted by atomic mass is 9.85. The number of thioether (sulfide) groups is 1. The van der Waals surface area contributed by atoms with Crippen molar-refractivity contribution >= 4 is 11.8 Å². The van der Waals surface area contributed by atoms with Gasteiger partial charge in [-0.25, -0.2) is 9.67 Å². The van der Waals surface area contributed by atoms with E-state index in [0.717, 1.165) is 44.8 Å². The summed E-state index contributed by atoms with van der Waals surface area (Å²) in [5.41, 5.74) is 0.112. The minimum absolute atomic E-state index is 0.112. The van der Waals surface area contributed by atoms with Gasteiger partial charge in [-0.2, -0.15) is 16.9 Å². The van der Waals surface area contributed by atoms with Crippen molar-refractivity contribution in [2.45, 2.75) is 57.2 Å². The molecule has 0 aromatic carbocycles. The number of ether oxygens (including phenoxy) is 1. The molecule has 3 heterocycles. The van der Waals surface area contributed by atoms with E-state index in [1.54, 1.807) is 0 Å². The van der Waals surface area contributed by atoms with Crippen molar-refractivity contribution in [2.75, 3.05) is 24.7 Å². The first-order chi connectivity index (χ1) is 10.3. The average Bonchev–Trinajstić information content (AvgIpc) is 2.97. The third-order valence-electron chi connectivity index (χ3n) is 4.51. The zero-order valence-corrected chi connectivity index (χ0v) is 13.7. The molecule has 1 unspecified atom stereocenters. The molecule has 2 fully saturated rings. The predicted octanol–water partition coefficient (Wildman–Crippen LogP) is 2.40. The average molecular weight is 310 g/mol. The van der Waals surface area contributed by atoms with Gasteiger partial charge in [0.05, 0.1) is 18.2 Å². The van der Waals surface area contributed by atoms with Crippen molar-refractivity contribution in [2.24, 2.45) is 0 Å². The quantitative estimate of drug-likeness (QED) is 0.846. The van der Waals surface area contributed by atoms with Crippen LogP contribution in [0.15, 0.2) is 6.33 Å². The molecule has 2 aliphatic rings.